The number of carboxylic acids is 1. The summed E-state index contributed by atoms with van der Waals surface area (Å²) >= 11 is 0. The van der Waals surface area contributed by atoms with Crippen LogP contribution in [0, 0.1) is 5.92 Å². The molecule has 2 aromatic rings. The number of aromatic carboxylic acids is 1. The highest BCUT2D eigenvalue weighted by atomic mass is 16.6. The Morgan fingerprint density at radius 3 is 2.68 bits per heavy atom. The van der Waals surface area contributed by atoms with Crippen LogP contribution in [0.15, 0.2) is 36.4 Å². The molecule has 1 amide bonds. The van der Waals surface area contributed by atoms with E-state index in [0.717, 1.165) is 23.5 Å². The van der Waals surface area contributed by atoms with Crippen LogP contribution in [0.2, 0.25) is 0 Å². The lowest BCUT2D eigenvalue weighted by molar-refractivity contribution is -0.122. The van der Waals surface area contributed by atoms with Gasteiger partial charge in [-0.2, -0.15) is 0 Å². The highest BCUT2D eigenvalue weighted by molar-refractivity contribution is 5.91. The van der Waals surface area contributed by atoms with Gasteiger partial charge in [-0.15, -0.1) is 0 Å². The fraction of sp³-hybridized carbons (Fsp3) is 0.333. The molecule has 7 nitrogen and oxygen atoms in total. The summed E-state index contributed by atoms with van der Waals surface area (Å²) in [6.45, 7) is 1.36. The van der Waals surface area contributed by atoms with E-state index in [2.05, 4.69) is 5.32 Å². The van der Waals surface area contributed by atoms with Gasteiger partial charge in [-0.25, -0.2) is 4.79 Å². The summed E-state index contributed by atoms with van der Waals surface area (Å²) in [6.07, 6.45) is 0.786. The first-order chi connectivity index (χ1) is 13.6. The molecule has 0 spiro atoms. The van der Waals surface area contributed by atoms with Gasteiger partial charge in [-0.3, -0.25) is 4.79 Å². The van der Waals surface area contributed by atoms with Gasteiger partial charge in [-0.05, 0) is 47.7 Å². The van der Waals surface area contributed by atoms with Crippen LogP contribution in [-0.2, 0) is 11.3 Å². The highest BCUT2D eigenvalue weighted by Gasteiger charge is 2.44. The predicted molar refractivity (Wildman–Crippen MR) is 100 cm³/mol. The van der Waals surface area contributed by atoms with Crippen LogP contribution in [0.5, 0.6) is 17.2 Å². The van der Waals surface area contributed by atoms with Crippen LogP contribution in [0.4, 0.5) is 0 Å². The van der Waals surface area contributed by atoms with E-state index >= 15 is 0 Å². The number of fused-ring (bicyclic) bond motifs is 1. The van der Waals surface area contributed by atoms with Crippen LogP contribution >= 0.6 is 0 Å². The third-order valence-corrected chi connectivity index (χ3v) is 5.08. The van der Waals surface area contributed by atoms with E-state index in [1.165, 1.54) is 13.2 Å². The molecule has 4 rings (SSSR count). The van der Waals surface area contributed by atoms with Crippen molar-refractivity contribution in [3.8, 4) is 17.2 Å². The quantitative estimate of drug-likeness (QED) is 0.796. The van der Waals surface area contributed by atoms with Gasteiger partial charge in [0.05, 0.1) is 7.11 Å². The molecule has 0 bridgehead atoms. The second-order valence-corrected chi connectivity index (χ2v) is 6.91. The zero-order valence-electron chi connectivity index (χ0n) is 15.4. The van der Waals surface area contributed by atoms with Gasteiger partial charge in [0, 0.05) is 12.5 Å². The SMILES string of the molecule is COc1ccc(CNC(=O)[C@H]2C[C@@H]2c2ccc3c(c2)OCCO3)cc1C(=O)O. The van der Waals surface area contributed by atoms with Gasteiger partial charge in [-0.1, -0.05) is 12.1 Å². The lowest BCUT2D eigenvalue weighted by Gasteiger charge is -2.18. The largest absolute Gasteiger partial charge is 0.496 e. The number of ether oxygens (including phenoxy) is 3. The molecule has 2 aromatic carbocycles. The third kappa shape index (κ3) is 3.60. The second kappa shape index (κ2) is 7.42. The minimum Gasteiger partial charge on any atom is -0.496 e. The van der Waals surface area contributed by atoms with E-state index in [4.69, 9.17) is 14.2 Å². The topological polar surface area (TPSA) is 94.1 Å². The van der Waals surface area contributed by atoms with Gasteiger partial charge < -0.3 is 24.6 Å². The zero-order valence-corrected chi connectivity index (χ0v) is 15.4. The van der Waals surface area contributed by atoms with Gasteiger partial charge in [0.2, 0.25) is 5.91 Å². The zero-order chi connectivity index (χ0) is 19.7. The van der Waals surface area contributed by atoms with Crippen molar-refractivity contribution < 1.29 is 28.9 Å². The van der Waals surface area contributed by atoms with Crippen molar-refractivity contribution in [3.63, 3.8) is 0 Å². The number of carbonyl (C=O) groups is 2. The molecule has 2 N–H and O–H groups in total. The molecule has 1 aliphatic carbocycles. The number of hydrogen-bond acceptors (Lipinski definition) is 5. The maximum atomic E-state index is 12.5. The molecule has 0 unspecified atom stereocenters. The van der Waals surface area contributed by atoms with Crippen molar-refractivity contribution in [2.75, 3.05) is 20.3 Å². The molecule has 7 heteroatoms. The van der Waals surface area contributed by atoms with E-state index in [1.54, 1.807) is 12.1 Å². The normalized spacial score (nSPS) is 19.6. The summed E-state index contributed by atoms with van der Waals surface area (Å²) in [6, 6.07) is 10.7. The minimum atomic E-state index is -1.06. The molecular formula is C21H21NO6. The lowest BCUT2D eigenvalue weighted by atomic mass is 10.1. The molecule has 0 aromatic heterocycles. The van der Waals surface area contributed by atoms with Crippen LogP contribution < -0.4 is 19.5 Å². The van der Waals surface area contributed by atoms with Crippen LogP contribution in [0.3, 0.4) is 0 Å². The Labute approximate surface area is 162 Å². The lowest BCUT2D eigenvalue weighted by Crippen LogP contribution is -2.25. The first-order valence-electron chi connectivity index (χ1n) is 9.14. The fourth-order valence-corrected chi connectivity index (χ4v) is 3.50. The Morgan fingerprint density at radius 1 is 1.14 bits per heavy atom. The Balaban J connectivity index is 1.37. The maximum Gasteiger partial charge on any atom is 0.339 e. The van der Waals surface area contributed by atoms with E-state index < -0.39 is 5.97 Å². The Morgan fingerprint density at radius 2 is 1.93 bits per heavy atom. The molecular weight excluding hydrogens is 362 g/mol. The number of carboxylic acid groups (broad SMARTS) is 1. The molecule has 0 radical (unpaired) electrons. The van der Waals surface area contributed by atoms with Crippen molar-refractivity contribution in [1.82, 2.24) is 5.32 Å². The number of carbonyl (C=O) groups excluding carboxylic acids is 1. The van der Waals surface area contributed by atoms with Crippen LogP contribution in [-0.4, -0.2) is 37.3 Å². The average molecular weight is 383 g/mol. The molecule has 2 aliphatic rings. The first-order valence-corrected chi connectivity index (χ1v) is 9.14. The summed E-state index contributed by atoms with van der Waals surface area (Å²) in [5.74, 6) is 0.752. The van der Waals surface area contributed by atoms with E-state index in [-0.39, 0.29) is 29.9 Å². The average Bonchev–Trinajstić information content (AvgIpc) is 3.52. The van der Waals surface area contributed by atoms with Crippen molar-refractivity contribution in [2.45, 2.75) is 18.9 Å². The van der Waals surface area contributed by atoms with Gasteiger partial charge in [0.1, 0.15) is 24.5 Å². The van der Waals surface area contributed by atoms with Crippen molar-refractivity contribution in [3.05, 3.63) is 53.1 Å². The summed E-state index contributed by atoms with van der Waals surface area (Å²) in [5, 5.41) is 12.2. The summed E-state index contributed by atoms with van der Waals surface area (Å²) < 4.78 is 16.2. The first kappa shape index (κ1) is 18.2. The van der Waals surface area contributed by atoms with E-state index in [9.17, 15) is 14.7 Å². The number of rotatable bonds is 6. The summed E-state index contributed by atoms with van der Waals surface area (Å²) in [7, 11) is 1.42. The molecule has 1 fully saturated rings. The van der Waals surface area contributed by atoms with Crippen molar-refractivity contribution in [2.24, 2.45) is 5.92 Å². The number of nitrogens with one attached hydrogen (secondary N) is 1. The molecule has 0 saturated heterocycles. The monoisotopic (exact) mass is 383 g/mol. The molecule has 146 valence electrons. The standard InChI is InChI=1S/C21H21NO6/c1-26-17-4-2-12(8-16(17)21(24)25)11-22-20(23)15-10-14(15)13-3-5-18-19(9-13)28-7-6-27-18/h2-5,8-9,14-15H,6-7,10-11H2,1H3,(H,22,23)(H,24,25)/t14-,15+/m1/s1. The van der Waals surface area contributed by atoms with Crippen molar-refractivity contribution >= 4 is 11.9 Å². The maximum absolute atomic E-state index is 12.5. The van der Waals surface area contributed by atoms with Gasteiger partial charge in [0.15, 0.2) is 11.5 Å². The van der Waals surface area contributed by atoms with Crippen LogP contribution in [0.1, 0.15) is 33.8 Å². The number of hydrogen-bond donors (Lipinski definition) is 2. The number of benzene rings is 2. The Hall–Kier alpha value is -3.22. The van der Waals surface area contributed by atoms with E-state index in [0.29, 0.717) is 24.5 Å². The highest BCUT2D eigenvalue weighted by Crippen LogP contribution is 2.49. The molecule has 1 aliphatic heterocycles. The fourth-order valence-electron chi connectivity index (χ4n) is 3.50. The summed E-state index contributed by atoms with van der Waals surface area (Å²) in [4.78, 5) is 23.8. The predicted octanol–water partition coefficient (Wildman–Crippen LogP) is 2.58. The minimum absolute atomic E-state index is 0.0346. The van der Waals surface area contributed by atoms with Crippen LogP contribution in [0.25, 0.3) is 0 Å². The molecule has 1 saturated carbocycles. The van der Waals surface area contributed by atoms with Gasteiger partial charge >= 0.3 is 5.97 Å². The molecule has 28 heavy (non-hydrogen) atoms. The van der Waals surface area contributed by atoms with Crippen molar-refractivity contribution in [1.29, 1.82) is 0 Å². The molecule has 1 heterocycles. The number of amides is 1. The molecule has 2 atom stereocenters. The van der Waals surface area contributed by atoms with Gasteiger partial charge in [0.25, 0.3) is 0 Å². The smallest absolute Gasteiger partial charge is 0.339 e. The number of methoxy groups -OCH3 is 1. The summed E-state index contributed by atoms with van der Waals surface area (Å²) in [5.41, 5.74) is 1.86. The Kier molecular flexibility index (Phi) is 4.81. The Bertz CT molecular complexity index is 925. The van der Waals surface area contributed by atoms with E-state index in [1.807, 2.05) is 18.2 Å². The second-order valence-electron chi connectivity index (χ2n) is 6.91. The third-order valence-electron chi connectivity index (χ3n) is 5.08.